The summed E-state index contributed by atoms with van der Waals surface area (Å²) in [7, 11) is 0. The number of hydrogen-bond acceptors (Lipinski definition) is 3. The lowest BCUT2D eigenvalue weighted by Gasteiger charge is -2.09. The number of halogens is 1. The molecule has 7 heteroatoms. The van der Waals surface area contributed by atoms with Crippen molar-refractivity contribution in [1.29, 1.82) is 0 Å². The predicted molar refractivity (Wildman–Crippen MR) is 114 cm³/mol. The van der Waals surface area contributed by atoms with Gasteiger partial charge in [-0.25, -0.2) is 13.9 Å². The van der Waals surface area contributed by atoms with Gasteiger partial charge in [-0.2, -0.15) is 0 Å². The number of carbonyl (C=O) groups is 2. The third-order valence-corrected chi connectivity index (χ3v) is 5.35. The highest BCUT2D eigenvalue weighted by Gasteiger charge is 2.29. The van der Waals surface area contributed by atoms with Crippen molar-refractivity contribution in [2.45, 2.75) is 39.8 Å². The van der Waals surface area contributed by atoms with E-state index in [4.69, 9.17) is 4.74 Å². The fourth-order valence-electron chi connectivity index (χ4n) is 3.92. The maximum absolute atomic E-state index is 12.8. The summed E-state index contributed by atoms with van der Waals surface area (Å²) in [6.45, 7) is 5.27. The second-order valence-corrected chi connectivity index (χ2v) is 7.49. The Bertz CT molecular complexity index is 1090. The molecule has 2 aromatic carbocycles. The highest BCUT2D eigenvalue weighted by molar-refractivity contribution is 6.00. The van der Waals surface area contributed by atoms with Crippen LogP contribution in [0.25, 0.3) is 11.3 Å². The van der Waals surface area contributed by atoms with E-state index in [1.807, 2.05) is 4.57 Å². The number of nitrogens with one attached hydrogen (secondary N) is 1. The van der Waals surface area contributed by atoms with Crippen LogP contribution in [0.4, 0.5) is 5.69 Å². The number of aryl methyl sites for hydroxylation is 1. The van der Waals surface area contributed by atoms with Crippen LogP contribution in [0.2, 0.25) is 0 Å². The minimum atomic E-state index is -0.438. The topological polar surface area (TPSA) is 64.2 Å². The number of ether oxygens (including phenoxy) is 1. The van der Waals surface area contributed by atoms with Crippen molar-refractivity contribution in [2.24, 2.45) is 0 Å². The van der Waals surface area contributed by atoms with E-state index in [9.17, 15) is 9.59 Å². The molecule has 0 spiro atoms. The number of aromatic nitrogens is 2. The van der Waals surface area contributed by atoms with Gasteiger partial charge < -0.3 is 22.5 Å². The number of esters is 1. The van der Waals surface area contributed by atoms with Gasteiger partial charge in [0.05, 0.1) is 30.8 Å². The Morgan fingerprint density at radius 2 is 1.87 bits per heavy atom. The highest BCUT2D eigenvalue weighted by atomic mass is 35.5. The van der Waals surface area contributed by atoms with Gasteiger partial charge >= 0.3 is 5.97 Å². The monoisotopic (exact) mass is 439 g/mol. The zero-order valence-corrected chi connectivity index (χ0v) is 18.5. The Hall–Kier alpha value is -3.12. The summed E-state index contributed by atoms with van der Waals surface area (Å²) < 4.78 is 9.41. The van der Waals surface area contributed by atoms with Gasteiger partial charge in [0.25, 0.3) is 11.7 Å². The fraction of sp³-hybridized carbons (Fsp3) is 0.292. The van der Waals surface area contributed by atoms with Crippen LogP contribution in [0, 0.1) is 6.92 Å². The second kappa shape index (κ2) is 9.79. The van der Waals surface area contributed by atoms with Gasteiger partial charge in [0, 0.05) is 5.56 Å². The molecule has 31 heavy (non-hydrogen) atoms. The zero-order valence-electron chi connectivity index (χ0n) is 17.7. The lowest BCUT2D eigenvalue weighted by atomic mass is 10.1. The molecule has 0 saturated carbocycles. The third-order valence-electron chi connectivity index (χ3n) is 5.35. The van der Waals surface area contributed by atoms with Crippen LogP contribution in [0.5, 0.6) is 0 Å². The van der Waals surface area contributed by atoms with Crippen molar-refractivity contribution in [1.82, 2.24) is 4.57 Å². The number of anilines is 1. The largest absolute Gasteiger partial charge is 1.00 e. The van der Waals surface area contributed by atoms with E-state index in [1.54, 1.807) is 31.2 Å². The van der Waals surface area contributed by atoms with Gasteiger partial charge in [-0.05, 0) is 32.4 Å². The molecular formula is C24H26ClN3O3. The smallest absolute Gasteiger partial charge is 0.340 e. The van der Waals surface area contributed by atoms with Crippen LogP contribution in [-0.4, -0.2) is 23.1 Å². The summed E-state index contributed by atoms with van der Waals surface area (Å²) in [5, 5.41) is 2.88. The maximum atomic E-state index is 12.8. The number of fused-ring (bicyclic) bond motifs is 1. The molecule has 0 unspecified atom stereocenters. The third kappa shape index (κ3) is 4.80. The van der Waals surface area contributed by atoms with Gasteiger partial charge in [-0.1, -0.05) is 42.0 Å². The summed E-state index contributed by atoms with van der Waals surface area (Å²) in [4.78, 5) is 25.0. The van der Waals surface area contributed by atoms with Crippen LogP contribution in [0.15, 0.2) is 54.7 Å². The van der Waals surface area contributed by atoms with Crippen LogP contribution < -0.4 is 22.3 Å². The van der Waals surface area contributed by atoms with Crippen molar-refractivity contribution in [3.05, 3.63) is 71.7 Å². The highest BCUT2D eigenvalue weighted by Crippen LogP contribution is 2.25. The molecule has 0 atom stereocenters. The molecule has 0 saturated heterocycles. The summed E-state index contributed by atoms with van der Waals surface area (Å²) >= 11 is 0. The molecule has 1 aliphatic rings. The number of nitrogens with zero attached hydrogens (tertiary/aromatic N) is 2. The van der Waals surface area contributed by atoms with E-state index < -0.39 is 5.97 Å². The van der Waals surface area contributed by atoms with Crippen LogP contribution >= 0.6 is 0 Å². The molecule has 2 heterocycles. The molecule has 0 bridgehead atoms. The minimum absolute atomic E-state index is 0. The molecule has 1 N–H and O–H groups in total. The van der Waals surface area contributed by atoms with Crippen LogP contribution in [-0.2, 0) is 29.0 Å². The van der Waals surface area contributed by atoms with Crippen molar-refractivity contribution >= 4 is 17.6 Å². The van der Waals surface area contributed by atoms with Gasteiger partial charge in [0.15, 0.2) is 12.2 Å². The predicted octanol–water partition coefficient (Wildman–Crippen LogP) is 0.517. The Morgan fingerprint density at radius 3 is 2.61 bits per heavy atom. The first-order chi connectivity index (χ1) is 14.6. The van der Waals surface area contributed by atoms with Crippen LogP contribution in [0.1, 0.15) is 35.1 Å². The van der Waals surface area contributed by atoms with Gasteiger partial charge in [0.1, 0.15) is 6.20 Å². The molecule has 0 fully saturated rings. The number of hydrogen-bond donors (Lipinski definition) is 1. The summed E-state index contributed by atoms with van der Waals surface area (Å²) in [6.07, 6.45) is 4.07. The SMILES string of the molecule is CCOC(=O)c1ccccc1NC(=O)C[n+]1cc(-c2ccc(C)cc2)n2c1CCC2.[Cl-]. The number of carbonyl (C=O) groups excluding carboxylic acids is 2. The molecule has 4 rings (SSSR count). The first-order valence-corrected chi connectivity index (χ1v) is 10.3. The first-order valence-electron chi connectivity index (χ1n) is 10.3. The van der Waals surface area contributed by atoms with Crippen molar-refractivity contribution in [3.63, 3.8) is 0 Å². The second-order valence-electron chi connectivity index (χ2n) is 7.49. The Morgan fingerprint density at radius 1 is 1.13 bits per heavy atom. The molecule has 0 aliphatic carbocycles. The molecule has 1 amide bonds. The molecule has 162 valence electrons. The Kier molecular flexibility index (Phi) is 7.13. The molecule has 1 aliphatic heterocycles. The van der Waals surface area contributed by atoms with E-state index in [2.05, 4.69) is 47.3 Å². The molecule has 6 nitrogen and oxygen atoms in total. The van der Waals surface area contributed by atoms with Crippen molar-refractivity contribution in [2.75, 3.05) is 11.9 Å². The molecule has 3 aromatic rings. The summed E-state index contributed by atoms with van der Waals surface area (Å²) in [5.41, 5.74) is 4.33. The van der Waals surface area contributed by atoms with Gasteiger partial charge in [0.2, 0.25) is 0 Å². The van der Waals surface area contributed by atoms with E-state index >= 15 is 0 Å². The standard InChI is InChI=1S/C24H25N3O3.ClH/c1-3-30-24(29)19-7-4-5-8-20(19)25-22(28)16-26-15-21(27-14-6-9-23(26)27)18-12-10-17(2)11-13-18;/h4-5,7-8,10-13,15H,3,6,9,14,16H2,1-2H3;1H. The minimum Gasteiger partial charge on any atom is -1.00 e. The maximum Gasteiger partial charge on any atom is 0.340 e. The Balaban J connectivity index is 0.00000272. The first kappa shape index (κ1) is 22.6. The Labute approximate surface area is 188 Å². The zero-order chi connectivity index (χ0) is 21.1. The quantitative estimate of drug-likeness (QED) is 0.450. The van der Waals surface area contributed by atoms with E-state index in [-0.39, 0.29) is 31.5 Å². The summed E-state index contributed by atoms with van der Waals surface area (Å²) in [6, 6.07) is 15.4. The fourth-order valence-corrected chi connectivity index (χ4v) is 3.92. The van der Waals surface area contributed by atoms with Crippen LogP contribution in [0.3, 0.4) is 0 Å². The number of rotatable bonds is 6. The number of imidazole rings is 1. The van der Waals surface area contributed by atoms with E-state index in [0.29, 0.717) is 11.3 Å². The summed E-state index contributed by atoms with van der Waals surface area (Å²) in [5.74, 6) is 0.541. The lowest BCUT2D eigenvalue weighted by molar-refractivity contribution is -0.690. The number of benzene rings is 2. The van der Waals surface area contributed by atoms with E-state index in [1.165, 1.54) is 5.56 Å². The molecule has 1 aromatic heterocycles. The van der Waals surface area contributed by atoms with Gasteiger partial charge in [-0.3, -0.25) is 4.79 Å². The van der Waals surface area contributed by atoms with Gasteiger partial charge in [-0.15, -0.1) is 0 Å². The average Bonchev–Trinajstić information content (AvgIpc) is 3.33. The molecule has 0 radical (unpaired) electrons. The number of para-hydroxylation sites is 1. The average molecular weight is 440 g/mol. The lowest BCUT2D eigenvalue weighted by Crippen LogP contribution is -3.00. The van der Waals surface area contributed by atoms with Crippen molar-refractivity contribution < 1.29 is 31.3 Å². The van der Waals surface area contributed by atoms with E-state index in [0.717, 1.165) is 36.5 Å². The molecular weight excluding hydrogens is 414 g/mol. The van der Waals surface area contributed by atoms with Crippen molar-refractivity contribution in [3.8, 4) is 11.3 Å². The normalized spacial score (nSPS) is 12.1. The number of amides is 1.